The molecule has 2 aromatic rings. The van der Waals surface area contributed by atoms with Crippen molar-refractivity contribution in [2.45, 2.75) is 25.4 Å². The van der Waals surface area contributed by atoms with E-state index in [2.05, 4.69) is 10.3 Å². The van der Waals surface area contributed by atoms with Crippen molar-refractivity contribution in [1.82, 2.24) is 15.2 Å². The molecule has 126 valence electrons. The maximum Gasteiger partial charge on any atom is 0.251 e. The molecule has 2 unspecified atom stereocenters. The van der Waals surface area contributed by atoms with Crippen LogP contribution in [0.15, 0.2) is 42.5 Å². The Labute approximate surface area is 141 Å². The molecule has 4 N–H and O–H groups in total. The molecule has 1 aromatic heterocycles. The summed E-state index contributed by atoms with van der Waals surface area (Å²) in [6, 6.07) is 12.9. The lowest BCUT2D eigenvalue weighted by Crippen LogP contribution is -2.40. The Morgan fingerprint density at radius 2 is 2.00 bits per heavy atom. The van der Waals surface area contributed by atoms with Crippen LogP contribution in [0, 0.1) is 6.92 Å². The predicted molar refractivity (Wildman–Crippen MR) is 91.4 cm³/mol. The van der Waals surface area contributed by atoms with Crippen molar-refractivity contribution in [3.05, 3.63) is 59.4 Å². The molecule has 6 heteroatoms. The van der Waals surface area contributed by atoms with Crippen molar-refractivity contribution in [3.63, 3.8) is 0 Å². The molecule has 1 aromatic carbocycles. The molecule has 0 radical (unpaired) electrons. The molecule has 2 amide bonds. The first-order valence-corrected chi connectivity index (χ1v) is 8.09. The molecule has 6 nitrogen and oxygen atoms in total. The average molecular weight is 326 g/mol. The van der Waals surface area contributed by atoms with Gasteiger partial charge in [0.15, 0.2) is 0 Å². The number of H-pyrrole nitrogens is 1. The molecule has 2 atom stereocenters. The van der Waals surface area contributed by atoms with Gasteiger partial charge in [0.05, 0.1) is 12.6 Å². The molecule has 0 bridgehead atoms. The minimum absolute atomic E-state index is 0.0322. The fraction of sp³-hybridized carbons (Fsp3) is 0.333. The number of likely N-dealkylation sites (tertiary alicyclic amines) is 1. The van der Waals surface area contributed by atoms with E-state index in [9.17, 15) is 9.59 Å². The monoisotopic (exact) mass is 326 g/mol. The van der Waals surface area contributed by atoms with Crippen LogP contribution >= 0.6 is 0 Å². The lowest BCUT2D eigenvalue weighted by Gasteiger charge is -2.23. The summed E-state index contributed by atoms with van der Waals surface area (Å²) in [5, 5.41) is 3.02. The molecule has 1 aliphatic heterocycles. The number of hydrogen-bond acceptors (Lipinski definition) is 3. The van der Waals surface area contributed by atoms with Crippen LogP contribution < -0.4 is 11.1 Å². The van der Waals surface area contributed by atoms with Crippen molar-refractivity contribution in [3.8, 4) is 0 Å². The minimum Gasteiger partial charge on any atom is -0.361 e. The summed E-state index contributed by atoms with van der Waals surface area (Å²) < 4.78 is 0. The zero-order valence-electron chi connectivity index (χ0n) is 13.7. The van der Waals surface area contributed by atoms with Gasteiger partial charge in [0, 0.05) is 29.5 Å². The SMILES string of the molecule is Cc1ccc(C2CC(NC(=O)c3ccccc3)CN2C(=O)CN)[nH]1. The summed E-state index contributed by atoms with van der Waals surface area (Å²) in [5.74, 6) is -0.229. The van der Waals surface area contributed by atoms with Gasteiger partial charge in [-0.15, -0.1) is 0 Å². The summed E-state index contributed by atoms with van der Waals surface area (Å²) >= 11 is 0. The van der Waals surface area contributed by atoms with Crippen molar-refractivity contribution in [1.29, 1.82) is 0 Å². The highest BCUT2D eigenvalue weighted by Crippen LogP contribution is 2.31. The van der Waals surface area contributed by atoms with Gasteiger partial charge in [0.2, 0.25) is 5.91 Å². The quantitative estimate of drug-likeness (QED) is 0.792. The fourth-order valence-electron chi connectivity index (χ4n) is 3.21. The Morgan fingerprint density at radius 3 is 2.62 bits per heavy atom. The second-order valence-electron chi connectivity index (χ2n) is 6.13. The lowest BCUT2D eigenvalue weighted by atomic mass is 10.1. The van der Waals surface area contributed by atoms with Gasteiger partial charge in [-0.2, -0.15) is 0 Å². The molecule has 0 spiro atoms. The molecule has 0 aliphatic carbocycles. The first-order chi connectivity index (χ1) is 11.6. The normalized spacial score (nSPS) is 20.2. The first-order valence-electron chi connectivity index (χ1n) is 8.09. The van der Waals surface area contributed by atoms with Crippen molar-refractivity contribution < 1.29 is 9.59 Å². The maximum atomic E-state index is 12.3. The van der Waals surface area contributed by atoms with Crippen LogP contribution in [0.2, 0.25) is 0 Å². The molecule has 2 heterocycles. The van der Waals surface area contributed by atoms with E-state index >= 15 is 0 Å². The van der Waals surface area contributed by atoms with E-state index in [-0.39, 0.29) is 30.4 Å². The third-order valence-electron chi connectivity index (χ3n) is 4.38. The minimum atomic E-state index is -0.121. The smallest absolute Gasteiger partial charge is 0.251 e. The molecular formula is C18H22N4O2. The van der Waals surface area contributed by atoms with Gasteiger partial charge in [-0.05, 0) is 37.6 Å². The number of aromatic nitrogens is 1. The number of nitrogens with one attached hydrogen (secondary N) is 2. The summed E-state index contributed by atoms with van der Waals surface area (Å²) in [6.07, 6.45) is 0.671. The summed E-state index contributed by atoms with van der Waals surface area (Å²) in [5.41, 5.74) is 8.19. The van der Waals surface area contributed by atoms with Crippen molar-refractivity contribution in [2.75, 3.05) is 13.1 Å². The van der Waals surface area contributed by atoms with Gasteiger partial charge in [-0.3, -0.25) is 9.59 Å². The average Bonchev–Trinajstić information content (AvgIpc) is 3.21. The van der Waals surface area contributed by atoms with Crippen LogP contribution in [0.1, 0.15) is 34.2 Å². The number of carbonyl (C=O) groups is 2. The number of carbonyl (C=O) groups excluding carboxylic acids is 2. The fourth-order valence-corrected chi connectivity index (χ4v) is 3.21. The molecule has 1 aliphatic rings. The molecule has 3 rings (SSSR count). The van der Waals surface area contributed by atoms with Crippen molar-refractivity contribution in [2.24, 2.45) is 5.73 Å². The largest absolute Gasteiger partial charge is 0.361 e. The number of nitrogens with zero attached hydrogens (tertiary/aromatic N) is 1. The highest BCUT2D eigenvalue weighted by Gasteiger charge is 2.37. The van der Waals surface area contributed by atoms with E-state index < -0.39 is 0 Å². The van der Waals surface area contributed by atoms with Crippen LogP contribution in [0.4, 0.5) is 0 Å². The van der Waals surface area contributed by atoms with E-state index in [4.69, 9.17) is 5.73 Å². The molecule has 1 fully saturated rings. The predicted octanol–water partition coefficient (Wildman–Crippen LogP) is 1.35. The summed E-state index contributed by atoms with van der Waals surface area (Å²) in [6.45, 7) is 2.41. The molecule has 1 saturated heterocycles. The Kier molecular flexibility index (Phi) is 4.66. The second kappa shape index (κ2) is 6.88. The number of amides is 2. The number of benzene rings is 1. The maximum absolute atomic E-state index is 12.3. The van der Waals surface area contributed by atoms with Gasteiger partial charge < -0.3 is 20.9 Å². The van der Waals surface area contributed by atoms with E-state index in [1.807, 2.05) is 37.3 Å². The molecule has 24 heavy (non-hydrogen) atoms. The number of rotatable bonds is 4. The van der Waals surface area contributed by atoms with Gasteiger partial charge in [-0.1, -0.05) is 18.2 Å². The Hall–Kier alpha value is -2.60. The van der Waals surface area contributed by atoms with Crippen LogP contribution in [-0.2, 0) is 4.79 Å². The van der Waals surface area contributed by atoms with Gasteiger partial charge in [-0.25, -0.2) is 0 Å². The highest BCUT2D eigenvalue weighted by atomic mass is 16.2. The third-order valence-corrected chi connectivity index (χ3v) is 4.38. The van der Waals surface area contributed by atoms with Gasteiger partial charge in [0.1, 0.15) is 0 Å². The summed E-state index contributed by atoms with van der Waals surface area (Å²) in [4.78, 5) is 29.6. The zero-order valence-corrected chi connectivity index (χ0v) is 13.7. The van der Waals surface area contributed by atoms with Crippen LogP contribution in [0.25, 0.3) is 0 Å². The van der Waals surface area contributed by atoms with Gasteiger partial charge >= 0.3 is 0 Å². The van der Waals surface area contributed by atoms with E-state index in [1.54, 1.807) is 17.0 Å². The van der Waals surface area contributed by atoms with Crippen molar-refractivity contribution >= 4 is 11.8 Å². The topological polar surface area (TPSA) is 91.2 Å². The number of hydrogen-bond donors (Lipinski definition) is 3. The van der Waals surface area contributed by atoms with E-state index in [1.165, 1.54) is 0 Å². The summed E-state index contributed by atoms with van der Waals surface area (Å²) in [7, 11) is 0. The van der Waals surface area contributed by atoms with Crippen LogP contribution in [0.3, 0.4) is 0 Å². The Balaban J connectivity index is 1.74. The Bertz CT molecular complexity index is 726. The number of nitrogens with two attached hydrogens (primary N) is 1. The van der Waals surface area contributed by atoms with E-state index in [0.29, 0.717) is 18.5 Å². The van der Waals surface area contributed by atoms with Crippen LogP contribution in [-0.4, -0.2) is 40.8 Å². The first kappa shape index (κ1) is 16.3. The molecular weight excluding hydrogens is 304 g/mol. The second-order valence-corrected chi connectivity index (χ2v) is 6.13. The Morgan fingerprint density at radius 1 is 1.25 bits per heavy atom. The molecule has 0 saturated carbocycles. The zero-order chi connectivity index (χ0) is 17.1. The number of aromatic amines is 1. The van der Waals surface area contributed by atoms with E-state index in [0.717, 1.165) is 11.4 Å². The lowest BCUT2D eigenvalue weighted by molar-refractivity contribution is -0.130. The third kappa shape index (κ3) is 3.33. The standard InChI is InChI=1S/C18H22N4O2/c1-12-7-8-15(20-12)16-9-14(11-22(16)17(23)10-19)21-18(24)13-5-3-2-4-6-13/h2-8,14,16,20H,9-11,19H2,1H3,(H,21,24). The number of aryl methyl sites for hydroxylation is 1. The van der Waals surface area contributed by atoms with Gasteiger partial charge in [0.25, 0.3) is 5.91 Å². The highest BCUT2D eigenvalue weighted by molar-refractivity contribution is 5.94. The van der Waals surface area contributed by atoms with Crippen LogP contribution in [0.5, 0.6) is 0 Å².